The molecule has 0 bridgehead atoms. The predicted molar refractivity (Wildman–Crippen MR) is 108 cm³/mol. The molecule has 0 fully saturated rings. The lowest BCUT2D eigenvalue weighted by molar-refractivity contribution is 0.116. The number of pyridine rings is 1. The van der Waals surface area contributed by atoms with Gasteiger partial charge < -0.3 is 9.52 Å². The summed E-state index contributed by atoms with van der Waals surface area (Å²) in [5.74, 6) is -0.779. The zero-order chi connectivity index (χ0) is 22.7. The summed E-state index contributed by atoms with van der Waals surface area (Å²) < 4.78 is 31.7. The van der Waals surface area contributed by atoms with Crippen molar-refractivity contribution in [3.8, 4) is 22.7 Å². The molecule has 32 heavy (non-hydrogen) atoms. The minimum absolute atomic E-state index is 0.0373. The molecule has 4 aromatic rings. The molecule has 0 saturated heterocycles. The van der Waals surface area contributed by atoms with Crippen LogP contribution in [-0.4, -0.2) is 47.9 Å². The van der Waals surface area contributed by atoms with E-state index >= 15 is 0 Å². The fraction of sp³-hybridized carbons (Fsp3) is 0.200. The largest absolute Gasteiger partial charge is 0.465 e. The van der Waals surface area contributed by atoms with E-state index in [1.807, 2.05) is 6.07 Å². The molecule has 0 unspecified atom stereocenters. The number of carboxylic acid groups (broad SMARTS) is 1. The van der Waals surface area contributed by atoms with Crippen molar-refractivity contribution in [3.63, 3.8) is 0 Å². The van der Waals surface area contributed by atoms with E-state index in [1.54, 1.807) is 48.1 Å². The van der Waals surface area contributed by atoms with E-state index in [2.05, 4.69) is 25.5 Å². The van der Waals surface area contributed by atoms with Gasteiger partial charge in [0.25, 0.3) is 5.89 Å². The molecule has 3 aromatic heterocycles. The number of aromatic nitrogens is 6. The van der Waals surface area contributed by atoms with Crippen molar-refractivity contribution in [3.05, 3.63) is 60.4 Å². The lowest BCUT2D eigenvalue weighted by Crippen LogP contribution is -2.28. The quantitative estimate of drug-likeness (QED) is 0.458. The van der Waals surface area contributed by atoms with Crippen molar-refractivity contribution >= 4 is 11.8 Å². The van der Waals surface area contributed by atoms with Gasteiger partial charge in [-0.1, -0.05) is 17.3 Å². The summed E-state index contributed by atoms with van der Waals surface area (Å²) in [4.78, 5) is 16.9. The van der Waals surface area contributed by atoms with E-state index in [4.69, 9.17) is 4.42 Å². The molecular weight excluding hydrogens is 424 g/mol. The van der Waals surface area contributed by atoms with Crippen LogP contribution in [0.5, 0.6) is 0 Å². The molecular formula is C20H17F2N7O3. The highest BCUT2D eigenvalue weighted by molar-refractivity contribution is 5.87. The normalized spacial score (nSPS) is 11.1. The Morgan fingerprint density at radius 1 is 1.19 bits per heavy atom. The molecule has 0 saturated carbocycles. The third-order valence-corrected chi connectivity index (χ3v) is 4.56. The molecule has 4 rings (SSSR count). The van der Waals surface area contributed by atoms with Gasteiger partial charge in [-0.05, 0) is 31.2 Å². The maximum Gasteiger partial charge on any atom is 0.411 e. The topological polar surface area (TPSA) is 123 Å². The summed E-state index contributed by atoms with van der Waals surface area (Å²) in [7, 11) is 0. The van der Waals surface area contributed by atoms with Crippen molar-refractivity contribution in [2.75, 3.05) is 11.4 Å². The summed E-state index contributed by atoms with van der Waals surface area (Å²) in [6.07, 6.45) is -0.697. The van der Waals surface area contributed by atoms with Crippen molar-refractivity contribution in [2.24, 2.45) is 0 Å². The van der Waals surface area contributed by atoms with Crippen LogP contribution >= 0.6 is 0 Å². The van der Waals surface area contributed by atoms with E-state index in [0.717, 1.165) is 5.56 Å². The zero-order valence-corrected chi connectivity index (χ0v) is 16.8. The fourth-order valence-corrected chi connectivity index (χ4v) is 3.02. The number of alkyl halides is 2. The number of anilines is 1. The average molecular weight is 441 g/mol. The Morgan fingerprint density at radius 2 is 2.03 bits per heavy atom. The van der Waals surface area contributed by atoms with Crippen LogP contribution in [0.25, 0.3) is 22.7 Å². The SMILES string of the molecule is CCN(C(=O)O)c1cccc(-c2cn(Cc3ccc(-c4nnc(C(F)F)o4)cn3)nn2)c1. The molecule has 0 aliphatic rings. The summed E-state index contributed by atoms with van der Waals surface area (Å²) in [5, 5.41) is 24.4. The smallest absolute Gasteiger partial charge is 0.411 e. The standard InChI is InChI=1S/C20H17F2N7O3/c1-2-29(20(30)31)15-5-3-4-12(8-15)16-11-28(27-24-16)10-14-7-6-13(9-23-14)18-25-26-19(32-18)17(21)22/h3-9,11,17H,2,10H2,1H3,(H,30,31). The predicted octanol–water partition coefficient (Wildman–Crippen LogP) is 3.88. The Bertz CT molecular complexity index is 1220. The van der Waals surface area contributed by atoms with Crippen LogP contribution in [0.4, 0.5) is 19.3 Å². The number of rotatable bonds is 7. The monoisotopic (exact) mass is 441 g/mol. The molecule has 0 aliphatic carbocycles. The van der Waals surface area contributed by atoms with Gasteiger partial charge in [0.1, 0.15) is 5.69 Å². The van der Waals surface area contributed by atoms with Crippen molar-refractivity contribution in [1.82, 2.24) is 30.2 Å². The third kappa shape index (κ3) is 4.43. The summed E-state index contributed by atoms with van der Waals surface area (Å²) in [6, 6.07) is 10.3. The molecule has 1 N–H and O–H groups in total. The maximum absolute atomic E-state index is 12.6. The molecule has 164 valence electrons. The molecule has 0 atom stereocenters. The zero-order valence-electron chi connectivity index (χ0n) is 16.8. The lowest BCUT2D eigenvalue weighted by atomic mass is 10.1. The van der Waals surface area contributed by atoms with Crippen LogP contribution in [0.15, 0.2) is 53.2 Å². The Kier molecular flexibility index (Phi) is 5.83. The average Bonchev–Trinajstić information content (AvgIpc) is 3.45. The summed E-state index contributed by atoms with van der Waals surface area (Å²) >= 11 is 0. The summed E-state index contributed by atoms with van der Waals surface area (Å²) in [6.45, 7) is 2.39. The number of nitrogens with zero attached hydrogens (tertiary/aromatic N) is 7. The lowest BCUT2D eigenvalue weighted by Gasteiger charge is -2.17. The molecule has 1 amide bonds. The van der Waals surface area contributed by atoms with Crippen LogP contribution in [0.2, 0.25) is 0 Å². The Labute approximate surface area is 180 Å². The molecule has 12 heteroatoms. The van der Waals surface area contributed by atoms with Crippen LogP contribution in [-0.2, 0) is 6.54 Å². The van der Waals surface area contributed by atoms with Gasteiger partial charge in [0, 0.05) is 24.0 Å². The number of hydrogen-bond donors (Lipinski definition) is 1. The first-order chi connectivity index (χ1) is 15.4. The number of halogens is 2. The molecule has 0 radical (unpaired) electrons. The molecule has 0 aliphatic heterocycles. The van der Waals surface area contributed by atoms with Gasteiger partial charge in [0.2, 0.25) is 5.89 Å². The second-order valence-electron chi connectivity index (χ2n) is 6.66. The van der Waals surface area contributed by atoms with E-state index in [9.17, 15) is 18.7 Å². The third-order valence-electron chi connectivity index (χ3n) is 4.56. The van der Waals surface area contributed by atoms with Crippen LogP contribution < -0.4 is 4.90 Å². The fourth-order valence-electron chi connectivity index (χ4n) is 3.02. The van der Waals surface area contributed by atoms with Gasteiger partial charge in [-0.15, -0.1) is 15.3 Å². The van der Waals surface area contributed by atoms with Gasteiger partial charge in [0.15, 0.2) is 0 Å². The van der Waals surface area contributed by atoms with Crippen LogP contribution in [0.1, 0.15) is 24.9 Å². The Balaban J connectivity index is 1.48. The number of hydrogen-bond acceptors (Lipinski definition) is 7. The summed E-state index contributed by atoms with van der Waals surface area (Å²) in [5.41, 5.74) is 2.91. The van der Waals surface area contributed by atoms with Crippen molar-refractivity contribution < 1.29 is 23.1 Å². The first-order valence-corrected chi connectivity index (χ1v) is 9.52. The highest BCUT2D eigenvalue weighted by atomic mass is 19.3. The molecule has 10 nitrogen and oxygen atoms in total. The first kappa shape index (κ1) is 21.0. The number of benzene rings is 1. The second kappa shape index (κ2) is 8.88. The van der Waals surface area contributed by atoms with Gasteiger partial charge >= 0.3 is 12.5 Å². The first-order valence-electron chi connectivity index (χ1n) is 9.52. The van der Waals surface area contributed by atoms with Gasteiger partial charge in [-0.3, -0.25) is 9.88 Å². The molecule has 0 spiro atoms. The van der Waals surface area contributed by atoms with E-state index < -0.39 is 18.4 Å². The second-order valence-corrected chi connectivity index (χ2v) is 6.66. The Morgan fingerprint density at radius 3 is 2.69 bits per heavy atom. The number of carbonyl (C=O) groups is 1. The molecule has 1 aromatic carbocycles. The highest BCUT2D eigenvalue weighted by Gasteiger charge is 2.17. The van der Waals surface area contributed by atoms with Gasteiger partial charge in [-0.2, -0.15) is 8.78 Å². The van der Waals surface area contributed by atoms with Crippen molar-refractivity contribution in [1.29, 1.82) is 0 Å². The van der Waals surface area contributed by atoms with Crippen molar-refractivity contribution in [2.45, 2.75) is 19.9 Å². The van der Waals surface area contributed by atoms with Crippen LogP contribution in [0, 0.1) is 0 Å². The minimum Gasteiger partial charge on any atom is -0.465 e. The Hall–Kier alpha value is -4.22. The van der Waals surface area contributed by atoms with E-state index in [0.29, 0.717) is 35.7 Å². The van der Waals surface area contributed by atoms with Gasteiger partial charge in [-0.25, -0.2) is 9.48 Å². The minimum atomic E-state index is -2.83. The maximum atomic E-state index is 12.6. The van der Waals surface area contributed by atoms with Crippen LogP contribution in [0.3, 0.4) is 0 Å². The molecule has 3 heterocycles. The van der Waals surface area contributed by atoms with E-state index in [1.165, 1.54) is 11.1 Å². The van der Waals surface area contributed by atoms with E-state index in [-0.39, 0.29) is 5.89 Å². The van der Waals surface area contributed by atoms with Gasteiger partial charge in [0.05, 0.1) is 24.0 Å². The highest BCUT2D eigenvalue weighted by Crippen LogP contribution is 2.24. The number of amides is 1.